The van der Waals surface area contributed by atoms with E-state index >= 15 is 0 Å². The molecule has 0 radical (unpaired) electrons. The summed E-state index contributed by atoms with van der Waals surface area (Å²) in [5, 5.41) is 18.7. The maximum absolute atomic E-state index is 12.4. The maximum atomic E-state index is 12.4. The summed E-state index contributed by atoms with van der Waals surface area (Å²) in [7, 11) is 0. The molecule has 0 aliphatic carbocycles. The lowest BCUT2D eigenvalue weighted by atomic mass is 9.96. The Morgan fingerprint density at radius 2 is 2.08 bits per heavy atom. The van der Waals surface area contributed by atoms with Crippen molar-refractivity contribution in [2.24, 2.45) is 5.92 Å². The molecular weight excluding hydrogens is 332 g/mol. The van der Waals surface area contributed by atoms with Crippen LogP contribution >= 0.6 is 0 Å². The first-order valence-electron chi connectivity index (χ1n) is 8.77. The molecule has 26 heavy (non-hydrogen) atoms. The zero-order chi connectivity index (χ0) is 17.8. The molecule has 4 rings (SSSR count). The summed E-state index contributed by atoms with van der Waals surface area (Å²) in [5.41, 5.74) is 1.61. The highest BCUT2D eigenvalue weighted by molar-refractivity contribution is 5.79. The SMILES string of the molecule is O=C(NCCc1ccccn1)C1CCN(c2ccc3nnnn3n2)CC1. The Balaban J connectivity index is 1.26. The largest absolute Gasteiger partial charge is 0.355 e. The lowest BCUT2D eigenvalue weighted by molar-refractivity contribution is -0.125. The lowest BCUT2D eigenvalue weighted by Crippen LogP contribution is -2.41. The van der Waals surface area contributed by atoms with Crippen LogP contribution in [0.2, 0.25) is 0 Å². The number of aromatic nitrogens is 6. The summed E-state index contributed by atoms with van der Waals surface area (Å²) in [6, 6.07) is 9.58. The summed E-state index contributed by atoms with van der Waals surface area (Å²) < 4.78 is 1.42. The fraction of sp³-hybridized carbons (Fsp3) is 0.412. The van der Waals surface area contributed by atoms with Gasteiger partial charge in [-0.1, -0.05) is 6.07 Å². The molecule has 3 aromatic heterocycles. The third-order valence-corrected chi connectivity index (χ3v) is 4.65. The molecule has 1 fully saturated rings. The standard InChI is InChI=1S/C17H20N8O/c26-17(19-10-6-14-3-1-2-9-18-14)13-7-11-24(12-8-13)16-5-4-15-20-22-23-25(15)21-16/h1-5,9,13H,6-8,10-12H2,(H,19,26). The average molecular weight is 352 g/mol. The average Bonchev–Trinajstić information content (AvgIpc) is 3.17. The molecule has 1 aliphatic rings. The topological polar surface area (TPSA) is 101 Å². The summed E-state index contributed by atoms with van der Waals surface area (Å²) in [5.74, 6) is 1.01. The third kappa shape index (κ3) is 3.61. The fourth-order valence-corrected chi connectivity index (χ4v) is 3.18. The molecule has 1 saturated heterocycles. The highest BCUT2D eigenvalue weighted by Crippen LogP contribution is 2.21. The smallest absolute Gasteiger partial charge is 0.223 e. The van der Waals surface area contributed by atoms with E-state index in [0.717, 1.165) is 43.9 Å². The number of nitrogens with one attached hydrogen (secondary N) is 1. The predicted octanol–water partition coefficient (Wildman–Crippen LogP) is 0.490. The van der Waals surface area contributed by atoms with Crippen LogP contribution in [0, 0.1) is 5.92 Å². The number of carbonyl (C=O) groups excluding carboxylic acids is 1. The van der Waals surface area contributed by atoms with Crippen molar-refractivity contribution in [2.45, 2.75) is 19.3 Å². The van der Waals surface area contributed by atoms with Crippen LogP contribution in [0.3, 0.4) is 0 Å². The van der Waals surface area contributed by atoms with Crippen LogP contribution in [-0.2, 0) is 11.2 Å². The van der Waals surface area contributed by atoms with Crippen molar-refractivity contribution in [3.8, 4) is 0 Å². The van der Waals surface area contributed by atoms with Crippen LogP contribution in [0.1, 0.15) is 18.5 Å². The number of hydrogen-bond donors (Lipinski definition) is 1. The van der Waals surface area contributed by atoms with E-state index < -0.39 is 0 Å². The number of fused-ring (bicyclic) bond motifs is 1. The second kappa shape index (κ2) is 7.42. The zero-order valence-electron chi connectivity index (χ0n) is 14.3. The number of carbonyl (C=O) groups is 1. The first-order valence-corrected chi connectivity index (χ1v) is 8.77. The Morgan fingerprint density at radius 3 is 2.88 bits per heavy atom. The van der Waals surface area contributed by atoms with Crippen molar-refractivity contribution in [1.29, 1.82) is 0 Å². The van der Waals surface area contributed by atoms with E-state index in [0.29, 0.717) is 12.2 Å². The molecule has 4 heterocycles. The molecular formula is C17H20N8O. The van der Waals surface area contributed by atoms with Gasteiger partial charge >= 0.3 is 0 Å². The Hall–Kier alpha value is -3.10. The number of nitrogens with zero attached hydrogens (tertiary/aromatic N) is 7. The monoisotopic (exact) mass is 352 g/mol. The van der Waals surface area contributed by atoms with Gasteiger partial charge in [0.2, 0.25) is 5.91 Å². The van der Waals surface area contributed by atoms with Gasteiger partial charge in [0.25, 0.3) is 0 Å². The minimum atomic E-state index is 0.0479. The minimum absolute atomic E-state index is 0.0479. The van der Waals surface area contributed by atoms with Crippen molar-refractivity contribution < 1.29 is 4.79 Å². The van der Waals surface area contributed by atoms with Crippen molar-refractivity contribution in [2.75, 3.05) is 24.5 Å². The van der Waals surface area contributed by atoms with Crippen LogP contribution in [0.5, 0.6) is 0 Å². The molecule has 0 saturated carbocycles. The van der Waals surface area contributed by atoms with E-state index in [1.807, 2.05) is 30.3 Å². The maximum Gasteiger partial charge on any atom is 0.223 e. The Kier molecular flexibility index (Phi) is 4.67. The van der Waals surface area contributed by atoms with Gasteiger partial charge in [-0.15, -0.1) is 14.8 Å². The van der Waals surface area contributed by atoms with Crippen molar-refractivity contribution in [3.63, 3.8) is 0 Å². The van der Waals surface area contributed by atoms with Gasteiger partial charge in [0.05, 0.1) is 0 Å². The van der Waals surface area contributed by atoms with E-state index in [-0.39, 0.29) is 11.8 Å². The second-order valence-corrected chi connectivity index (χ2v) is 6.34. The quantitative estimate of drug-likeness (QED) is 0.713. The van der Waals surface area contributed by atoms with E-state index in [1.165, 1.54) is 4.63 Å². The first kappa shape index (κ1) is 16.4. The third-order valence-electron chi connectivity index (χ3n) is 4.65. The predicted molar refractivity (Wildman–Crippen MR) is 94.5 cm³/mol. The minimum Gasteiger partial charge on any atom is -0.355 e. The van der Waals surface area contributed by atoms with E-state index in [1.54, 1.807) is 6.20 Å². The second-order valence-electron chi connectivity index (χ2n) is 6.34. The number of pyridine rings is 1. The van der Waals surface area contributed by atoms with Crippen LogP contribution < -0.4 is 10.2 Å². The number of hydrogen-bond acceptors (Lipinski definition) is 7. The van der Waals surface area contributed by atoms with E-state index in [2.05, 4.69) is 35.8 Å². The molecule has 0 atom stereocenters. The fourth-order valence-electron chi connectivity index (χ4n) is 3.18. The normalized spacial score (nSPS) is 15.3. The summed E-state index contributed by atoms with van der Waals surface area (Å²) >= 11 is 0. The summed E-state index contributed by atoms with van der Waals surface area (Å²) in [4.78, 5) is 18.8. The zero-order valence-corrected chi connectivity index (χ0v) is 14.3. The van der Waals surface area contributed by atoms with Gasteiger partial charge < -0.3 is 10.2 Å². The lowest BCUT2D eigenvalue weighted by Gasteiger charge is -2.31. The van der Waals surface area contributed by atoms with Gasteiger partial charge in [0.1, 0.15) is 0 Å². The summed E-state index contributed by atoms with van der Waals surface area (Å²) in [6.45, 7) is 2.20. The van der Waals surface area contributed by atoms with Gasteiger partial charge in [-0.05, 0) is 47.5 Å². The van der Waals surface area contributed by atoms with Gasteiger partial charge in [-0.25, -0.2) is 0 Å². The molecule has 3 aromatic rings. The van der Waals surface area contributed by atoms with E-state index in [4.69, 9.17) is 0 Å². The first-order chi connectivity index (χ1) is 12.8. The number of rotatable bonds is 5. The highest BCUT2D eigenvalue weighted by atomic mass is 16.1. The van der Waals surface area contributed by atoms with Crippen LogP contribution in [0.25, 0.3) is 5.65 Å². The Labute approximate surface area is 150 Å². The number of amides is 1. The van der Waals surface area contributed by atoms with Crippen LogP contribution in [0.15, 0.2) is 36.5 Å². The molecule has 0 aromatic carbocycles. The number of piperidine rings is 1. The molecule has 9 nitrogen and oxygen atoms in total. The van der Waals surface area contributed by atoms with Crippen molar-refractivity contribution in [3.05, 3.63) is 42.2 Å². The molecule has 1 aliphatic heterocycles. The summed E-state index contributed by atoms with van der Waals surface area (Å²) in [6.07, 6.45) is 4.14. The van der Waals surface area contributed by atoms with Gasteiger partial charge in [0.15, 0.2) is 11.5 Å². The molecule has 1 amide bonds. The van der Waals surface area contributed by atoms with Crippen LogP contribution in [0.4, 0.5) is 5.82 Å². The highest BCUT2D eigenvalue weighted by Gasteiger charge is 2.25. The molecule has 0 unspecified atom stereocenters. The molecule has 9 heteroatoms. The molecule has 0 bridgehead atoms. The Bertz CT molecular complexity index is 873. The van der Waals surface area contributed by atoms with Crippen molar-refractivity contribution in [1.82, 2.24) is 35.6 Å². The molecule has 1 N–H and O–H groups in total. The van der Waals surface area contributed by atoms with Crippen LogP contribution in [-0.4, -0.2) is 55.8 Å². The van der Waals surface area contributed by atoms with Crippen molar-refractivity contribution >= 4 is 17.4 Å². The van der Waals surface area contributed by atoms with Gasteiger partial charge in [-0.2, -0.15) is 0 Å². The van der Waals surface area contributed by atoms with E-state index in [9.17, 15) is 4.79 Å². The molecule has 0 spiro atoms. The number of tetrazole rings is 1. The number of anilines is 1. The molecule has 134 valence electrons. The van der Waals surface area contributed by atoms with Gasteiger partial charge in [0, 0.05) is 43.9 Å². The van der Waals surface area contributed by atoms with Gasteiger partial charge in [-0.3, -0.25) is 9.78 Å². The Morgan fingerprint density at radius 1 is 1.19 bits per heavy atom.